The van der Waals surface area contributed by atoms with Crippen LogP contribution >= 0.6 is 24.2 Å². The zero-order chi connectivity index (χ0) is 14.4. The highest BCUT2D eigenvalue weighted by Crippen LogP contribution is 2.21. The van der Waals surface area contributed by atoms with Crippen LogP contribution in [0.1, 0.15) is 31.9 Å². The van der Waals surface area contributed by atoms with Crippen LogP contribution in [0.25, 0.3) is 0 Å². The number of halogens is 1. The number of thioether (sulfide) groups is 1. The molecule has 5 heteroatoms. The molecule has 0 aliphatic carbocycles. The van der Waals surface area contributed by atoms with Gasteiger partial charge in [-0.2, -0.15) is 11.8 Å². The molecule has 2 rings (SSSR count). The summed E-state index contributed by atoms with van der Waals surface area (Å²) < 4.78 is 0. The van der Waals surface area contributed by atoms with E-state index in [9.17, 15) is 4.79 Å². The fraction of sp³-hybridized carbons (Fsp3) is 0.562. The molecule has 1 saturated heterocycles. The van der Waals surface area contributed by atoms with E-state index < -0.39 is 0 Å². The van der Waals surface area contributed by atoms with Crippen LogP contribution in [0.15, 0.2) is 30.3 Å². The van der Waals surface area contributed by atoms with E-state index in [-0.39, 0.29) is 24.4 Å². The van der Waals surface area contributed by atoms with E-state index in [1.165, 1.54) is 5.56 Å². The molecule has 1 aromatic carbocycles. The predicted octanol–water partition coefficient (Wildman–Crippen LogP) is 3.02. The van der Waals surface area contributed by atoms with Crippen LogP contribution in [0, 0.1) is 5.92 Å². The van der Waals surface area contributed by atoms with Gasteiger partial charge in [-0.05, 0) is 11.5 Å². The van der Waals surface area contributed by atoms with Crippen molar-refractivity contribution in [2.45, 2.75) is 32.4 Å². The minimum atomic E-state index is 0. The summed E-state index contributed by atoms with van der Waals surface area (Å²) in [5.41, 5.74) is 1.18. The van der Waals surface area contributed by atoms with E-state index >= 15 is 0 Å². The molecule has 2 N–H and O–H groups in total. The fourth-order valence-electron chi connectivity index (χ4n) is 2.50. The van der Waals surface area contributed by atoms with E-state index in [0.717, 1.165) is 18.1 Å². The average molecular weight is 329 g/mol. The second-order valence-corrected chi connectivity index (χ2v) is 6.78. The largest absolute Gasteiger partial charge is 0.349 e. The molecular formula is C16H25ClN2OS. The van der Waals surface area contributed by atoms with E-state index in [2.05, 4.69) is 36.6 Å². The maximum absolute atomic E-state index is 12.2. The minimum Gasteiger partial charge on any atom is -0.349 e. The van der Waals surface area contributed by atoms with Gasteiger partial charge in [0, 0.05) is 30.5 Å². The Labute approximate surface area is 138 Å². The Morgan fingerprint density at radius 3 is 2.67 bits per heavy atom. The van der Waals surface area contributed by atoms with Crippen molar-refractivity contribution in [3.8, 4) is 0 Å². The van der Waals surface area contributed by atoms with Gasteiger partial charge in [0.1, 0.15) is 0 Å². The van der Waals surface area contributed by atoms with Gasteiger partial charge in [0.15, 0.2) is 0 Å². The van der Waals surface area contributed by atoms with Gasteiger partial charge in [-0.1, -0.05) is 44.2 Å². The Morgan fingerprint density at radius 2 is 2.10 bits per heavy atom. The normalized spacial score (nSPS) is 19.7. The predicted molar refractivity (Wildman–Crippen MR) is 93.1 cm³/mol. The molecule has 2 atom stereocenters. The first-order valence-corrected chi connectivity index (χ1v) is 8.47. The monoisotopic (exact) mass is 328 g/mol. The molecule has 1 aliphatic rings. The highest BCUT2D eigenvalue weighted by Gasteiger charge is 2.21. The van der Waals surface area contributed by atoms with Crippen LogP contribution in [-0.2, 0) is 4.79 Å². The van der Waals surface area contributed by atoms with Gasteiger partial charge in [-0.3, -0.25) is 4.79 Å². The molecule has 0 radical (unpaired) electrons. The fourth-order valence-corrected chi connectivity index (χ4v) is 3.45. The summed E-state index contributed by atoms with van der Waals surface area (Å²) in [5.74, 6) is 2.71. The van der Waals surface area contributed by atoms with Crippen LogP contribution in [0.2, 0.25) is 0 Å². The number of hydrogen-bond acceptors (Lipinski definition) is 3. The molecule has 118 valence electrons. The zero-order valence-electron chi connectivity index (χ0n) is 12.7. The van der Waals surface area contributed by atoms with Crippen molar-refractivity contribution < 1.29 is 4.79 Å². The molecule has 0 saturated carbocycles. The summed E-state index contributed by atoms with van der Waals surface area (Å²) in [5, 5.41) is 6.60. The number of rotatable bonds is 5. The van der Waals surface area contributed by atoms with Gasteiger partial charge in [0.05, 0.1) is 6.04 Å². The highest BCUT2D eigenvalue weighted by atomic mass is 35.5. The van der Waals surface area contributed by atoms with Gasteiger partial charge in [-0.15, -0.1) is 12.4 Å². The Hall–Kier alpha value is -0.710. The molecule has 1 amide bonds. The van der Waals surface area contributed by atoms with Crippen molar-refractivity contribution in [3.63, 3.8) is 0 Å². The smallest absolute Gasteiger partial charge is 0.222 e. The second kappa shape index (κ2) is 9.34. The number of carbonyl (C=O) groups is 1. The van der Waals surface area contributed by atoms with Crippen LogP contribution in [-0.4, -0.2) is 30.0 Å². The first kappa shape index (κ1) is 18.3. The van der Waals surface area contributed by atoms with E-state index in [1.807, 2.05) is 30.0 Å². The van der Waals surface area contributed by atoms with Crippen molar-refractivity contribution in [3.05, 3.63) is 35.9 Å². The lowest BCUT2D eigenvalue weighted by atomic mass is 9.96. The van der Waals surface area contributed by atoms with E-state index in [0.29, 0.717) is 18.4 Å². The van der Waals surface area contributed by atoms with Gasteiger partial charge in [-0.25, -0.2) is 0 Å². The summed E-state index contributed by atoms with van der Waals surface area (Å²) in [6.07, 6.45) is 0.572. The number of nitrogens with one attached hydrogen (secondary N) is 2. The van der Waals surface area contributed by atoms with Gasteiger partial charge in [0.2, 0.25) is 5.91 Å². The number of benzene rings is 1. The first-order valence-electron chi connectivity index (χ1n) is 7.32. The minimum absolute atomic E-state index is 0. The third-order valence-electron chi connectivity index (χ3n) is 3.57. The van der Waals surface area contributed by atoms with Crippen LogP contribution in [0.4, 0.5) is 0 Å². The summed E-state index contributed by atoms with van der Waals surface area (Å²) in [4.78, 5) is 12.2. The van der Waals surface area contributed by atoms with Crippen LogP contribution in [0.5, 0.6) is 0 Å². The van der Waals surface area contributed by atoms with Crippen molar-refractivity contribution in [1.29, 1.82) is 0 Å². The molecule has 1 fully saturated rings. The van der Waals surface area contributed by atoms with Crippen molar-refractivity contribution in [2.75, 3.05) is 18.1 Å². The topological polar surface area (TPSA) is 41.1 Å². The Morgan fingerprint density at radius 1 is 1.38 bits per heavy atom. The molecular weight excluding hydrogens is 304 g/mol. The van der Waals surface area contributed by atoms with Crippen LogP contribution < -0.4 is 10.6 Å². The molecule has 21 heavy (non-hydrogen) atoms. The van der Waals surface area contributed by atoms with Gasteiger partial charge < -0.3 is 10.6 Å². The van der Waals surface area contributed by atoms with Crippen molar-refractivity contribution in [2.24, 2.45) is 5.92 Å². The molecule has 0 spiro atoms. The lowest BCUT2D eigenvalue weighted by molar-refractivity contribution is -0.122. The lowest BCUT2D eigenvalue weighted by Gasteiger charge is -2.26. The van der Waals surface area contributed by atoms with Gasteiger partial charge in [0.25, 0.3) is 0 Å². The third kappa shape index (κ3) is 5.89. The molecule has 0 aromatic heterocycles. The molecule has 1 aliphatic heterocycles. The summed E-state index contributed by atoms with van der Waals surface area (Å²) in [6.45, 7) is 5.30. The quantitative estimate of drug-likeness (QED) is 0.873. The maximum atomic E-state index is 12.2. The first-order chi connectivity index (χ1) is 9.66. The van der Waals surface area contributed by atoms with Gasteiger partial charge >= 0.3 is 0 Å². The van der Waals surface area contributed by atoms with E-state index in [4.69, 9.17) is 0 Å². The summed E-state index contributed by atoms with van der Waals surface area (Å²) >= 11 is 1.92. The third-order valence-corrected chi connectivity index (χ3v) is 4.70. The number of hydrogen-bond donors (Lipinski definition) is 2. The molecule has 0 bridgehead atoms. The summed E-state index contributed by atoms with van der Waals surface area (Å²) in [7, 11) is 0. The Balaban J connectivity index is 0.00000220. The average Bonchev–Trinajstić information content (AvgIpc) is 2.46. The zero-order valence-corrected chi connectivity index (χ0v) is 14.3. The number of amides is 1. The van der Waals surface area contributed by atoms with Crippen molar-refractivity contribution >= 4 is 30.1 Å². The number of carbonyl (C=O) groups excluding carboxylic acids is 1. The molecule has 1 heterocycles. The second-order valence-electron chi connectivity index (χ2n) is 5.63. The molecule has 3 nitrogen and oxygen atoms in total. The Bertz CT molecular complexity index is 422. The maximum Gasteiger partial charge on any atom is 0.222 e. The summed E-state index contributed by atoms with van der Waals surface area (Å²) in [6, 6.07) is 10.6. The standard InChI is InChI=1S/C16H24N2OS.ClH/c1-12(2)16(13-6-4-3-5-7-13)18-15(19)10-14-11-20-9-8-17-14;/h3-7,12,14,16-17H,8-11H2,1-2H3,(H,18,19);1H. The molecule has 2 unspecified atom stereocenters. The van der Waals surface area contributed by atoms with Crippen LogP contribution in [0.3, 0.4) is 0 Å². The van der Waals surface area contributed by atoms with E-state index in [1.54, 1.807) is 0 Å². The SMILES string of the molecule is CC(C)C(NC(=O)CC1CSCCN1)c1ccccc1.Cl. The molecule has 1 aromatic rings. The lowest BCUT2D eigenvalue weighted by Crippen LogP contribution is -2.42. The Kier molecular flexibility index (Phi) is 8.15. The van der Waals surface area contributed by atoms with Crippen molar-refractivity contribution in [1.82, 2.24) is 10.6 Å². The highest BCUT2D eigenvalue weighted by molar-refractivity contribution is 7.99.